The van der Waals surface area contributed by atoms with Crippen molar-refractivity contribution in [3.63, 3.8) is 0 Å². The number of rotatable bonds is 5. The van der Waals surface area contributed by atoms with E-state index < -0.39 is 10.7 Å². The van der Waals surface area contributed by atoms with Gasteiger partial charge in [0.2, 0.25) is 5.91 Å². The fourth-order valence-electron chi connectivity index (χ4n) is 1.93. The van der Waals surface area contributed by atoms with E-state index in [9.17, 15) is 9.59 Å². The summed E-state index contributed by atoms with van der Waals surface area (Å²) in [5.74, 6) is -0.243. The van der Waals surface area contributed by atoms with Crippen LogP contribution in [-0.2, 0) is 22.1 Å². The van der Waals surface area contributed by atoms with Gasteiger partial charge in [0.15, 0.2) is 4.84 Å². The van der Waals surface area contributed by atoms with Crippen LogP contribution in [-0.4, -0.2) is 43.9 Å². The number of alkyl halides is 2. The number of aromatic nitrogens is 2. The molecule has 6 nitrogen and oxygen atoms in total. The fraction of sp³-hybridized carbons (Fsp3) is 0.667. The van der Waals surface area contributed by atoms with Crippen molar-refractivity contribution in [1.29, 1.82) is 0 Å². The predicted molar refractivity (Wildman–Crippen MR) is 92.9 cm³/mol. The Labute approximate surface area is 147 Å². The number of amides is 2. The van der Waals surface area contributed by atoms with Crippen LogP contribution in [0.15, 0.2) is 6.07 Å². The molecule has 0 radical (unpaired) electrons. The summed E-state index contributed by atoms with van der Waals surface area (Å²) in [7, 11) is 1.75. The molecule has 1 rings (SSSR count). The minimum absolute atomic E-state index is 0.120. The Morgan fingerprint density at radius 3 is 2.30 bits per heavy atom. The van der Waals surface area contributed by atoms with Gasteiger partial charge in [0.1, 0.15) is 12.4 Å². The maximum atomic E-state index is 12.2. The Bertz CT molecular complexity index is 577. The number of hydrogen-bond donors (Lipinski definition) is 1. The average molecular weight is 363 g/mol. The van der Waals surface area contributed by atoms with Gasteiger partial charge in [0.05, 0.1) is 5.69 Å². The van der Waals surface area contributed by atoms with Crippen molar-refractivity contribution < 1.29 is 9.59 Å². The zero-order valence-corrected chi connectivity index (χ0v) is 15.9. The highest BCUT2D eigenvalue weighted by Crippen LogP contribution is 2.23. The number of nitrogens with one attached hydrogen (secondary N) is 1. The minimum Gasteiger partial charge on any atom is -0.329 e. The van der Waals surface area contributed by atoms with E-state index in [1.165, 1.54) is 4.90 Å². The maximum absolute atomic E-state index is 12.2. The lowest BCUT2D eigenvalue weighted by atomic mass is 9.92. The molecule has 1 N–H and O–H groups in total. The molecule has 0 saturated heterocycles. The van der Waals surface area contributed by atoms with Gasteiger partial charge in [-0.1, -0.05) is 44.0 Å². The van der Waals surface area contributed by atoms with Crippen LogP contribution >= 0.6 is 23.2 Å². The van der Waals surface area contributed by atoms with E-state index in [4.69, 9.17) is 23.2 Å². The molecular formula is C15H24Cl2N4O2. The summed E-state index contributed by atoms with van der Waals surface area (Å²) in [5.41, 5.74) is 0.749. The van der Waals surface area contributed by atoms with Crippen molar-refractivity contribution in [3.8, 4) is 0 Å². The van der Waals surface area contributed by atoms with Crippen LogP contribution in [0.3, 0.4) is 0 Å². The van der Waals surface area contributed by atoms with Crippen molar-refractivity contribution in [2.45, 2.75) is 50.9 Å². The number of hydrogen-bond acceptors (Lipinski definition) is 3. The number of nitrogens with zero attached hydrogens (tertiary/aromatic N) is 3. The van der Waals surface area contributed by atoms with Crippen LogP contribution in [0.1, 0.15) is 40.3 Å². The fourth-order valence-corrected chi connectivity index (χ4v) is 2.18. The highest BCUT2D eigenvalue weighted by molar-refractivity contribution is 6.53. The van der Waals surface area contributed by atoms with E-state index in [1.54, 1.807) is 25.6 Å². The van der Waals surface area contributed by atoms with Gasteiger partial charge in [0.25, 0.3) is 5.91 Å². The van der Waals surface area contributed by atoms with E-state index in [1.807, 2.05) is 26.8 Å². The van der Waals surface area contributed by atoms with Crippen molar-refractivity contribution >= 4 is 40.8 Å². The first-order chi connectivity index (χ1) is 10.4. The van der Waals surface area contributed by atoms with Gasteiger partial charge in [-0.2, -0.15) is 5.10 Å². The molecule has 0 unspecified atom stereocenters. The second kappa shape index (κ2) is 7.53. The largest absolute Gasteiger partial charge is 0.329 e. The van der Waals surface area contributed by atoms with Gasteiger partial charge in [-0.05, 0) is 13.8 Å². The molecule has 0 aliphatic rings. The van der Waals surface area contributed by atoms with Crippen LogP contribution < -0.4 is 5.32 Å². The van der Waals surface area contributed by atoms with E-state index in [0.717, 1.165) is 5.69 Å². The van der Waals surface area contributed by atoms with Gasteiger partial charge in [-0.3, -0.25) is 14.3 Å². The van der Waals surface area contributed by atoms with Crippen LogP contribution in [0, 0.1) is 0 Å². The van der Waals surface area contributed by atoms with E-state index >= 15 is 0 Å². The molecular weight excluding hydrogens is 339 g/mol. The van der Waals surface area contributed by atoms with Crippen LogP contribution in [0.25, 0.3) is 0 Å². The van der Waals surface area contributed by atoms with E-state index in [2.05, 4.69) is 10.4 Å². The number of carbonyl (C=O) groups excluding carboxylic acids is 2. The molecule has 0 atom stereocenters. The monoisotopic (exact) mass is 362 g/mol. The number of anilines is 1. The minimum atomic E-state index is -1.19. The lowest BCUT2D eigenvalue weighted by Gasteiger charge is -2.26. The van der Waals surface area contributed by atoms with Gasteiger partial charge < -0.3 is 10.2 Å². The smallest absolute Gasteiger partial charge is 0.256 e. The summed E-state index contributed by atoms with van der Waals surface area (Å²) >= 11 is 11.2. The SMILES string of the molecule is CC(C)N(CC(=O)Nc1cc(C(C)(C)C)nn1C)C(=O)C(Cl)Cl. The van der Waals surface area contributed by atoms with Gasteiger partial charge in [-0.25, -0.2) is 0 Å². The van der Waals surface area contributed by atoms with Crippen molar-refractivity contribution in [2.75, 3.05) is 11.9 Å². The molecule has 130 valence electrons. The summed E-state index contributed by atoms with van der Waals surface area (Å²) in [4.78, 5) is 24.3. The molecule has 8 heteroatoms. The third kappa shape index (κ3) is 5.39. The Kier molecular flexibility index (Phi) is 6.48. The summed E-state index contributed by atoms with van der Waals surface area (Å²) in [6.45, 7) is 9.60. The molecule has 1 aromatic heterocycles. The highest BCUT2D eigenvalue weighted by atomic mass is 35.5. The molecule has 0 spiro atoms. The van der Waals surface area contributed by atoms with Crippen LogP contribution in [0.2, 0.25) is 0 Å². The van der Waals surface area contributed by atoms with E-state index in [0.29, 0.717) is 5.82 Å². The predicted octanol–water partition coefficient (Wildman–Crippen LogP) is 2.70. The van der Waals surface area contributed by atoms with Crippen molar-refractivity contribution in [3.05, 3.63) is 11.8 Å². The standard InChI is InChI=1S/C15H24Cl2N4O2/c1-9(2)21(14(23)13(16)17)8-12(22)18-11-7-10(15(3,4)5)19-20(11)6/h7,9,13H,8H2,1-6H3,(H,18,22). The summed E-state index contributed by atoms with van der Waals surface area (Å²) in [6, 6.07) is 1.63. The zero-order valence-electron chi connectivity index (χ0n) is 14.4. The topological polar surface area (TPSA) is 67.2 Å². The number of carbonyl (C=O) groups is 2. The average Bonchev–Trinajstić information content (AvgIpc) is 2.76. The number of aryl methyl sites for hydroxylation is 1. The first-order valence-corrected chi connectivity index (χ1v) is 8.23. The molecule has 0 aliphatic heterocycles. The summed E-state index contributed by atoms with van der Waals surface area (Å²) < 4.78 is 1.60. The third-order valence-electron chi connectivity index (χ3n) is 3.32. The Hall–Kier alpha value is -1.27. The maximum Gasteiger partial charge on any atom is 0.256 e. The lowest BCUT2D eigenvalue weighted by molar-refractivity contribution is -0.134. The van der Waals surface area contributed by atoms with Gasteiger partial charge in [-0.15, -0.1) is 0 Å². The highest BCUT2D eigenvalue weighted by Gasteiger charge is 2.26. The molecule has 23 heavy (non-hydrogen) atoms. The molecule has 0 saturated carbocycles. The number of halogens is 2. The molecule has 1 heterocycles. The summed E-state index contributed by atoms with van der Waals surface area (Å²) in [6.07, 6.45) is 0. The normalized spacial score (nSPS) is 11.9. The Morgan fingerprint density at radius 1 is 1.35 bits per heavy atom. The van der Waals surface area contributed by atoms with E-state index in [-0.39, 0.29) is 23.9 Å². The molecule has 1 aromatic rings. The van der Waals surface area contributed by atoms with Crippen molar-refractivity contribution in [1.82, 2.24) is 14.7 Å². The third-order valence-corrected chi connectivity index (χ3v) is 3.70. The second-order valence-electron chi connectivity index (χ2n) is 6.70. The summed E-state index contributed by atoms with van der Waals surface area (Å²) in [5, 5.41) is 7.16. The Morgan fingerprint density at radius 2 is 1.91 bits per heavy atom. The van der Waals surface area contributed by atoms with Crippen LogP contribution in [0.5, 0.6) is 0 Å². The first kappa shape index (κ1) is 19.8. The quantitative estimate of drug-likeness (QED) is 0.818. The first-order valence-electron chi connectivity index (χ1n) is 7.36. The zero-order chi connectivity index (χ0) is 17.9. The molecule has 2 amide bonds. The lowest BCUT2D eigenvalue weighted by Crippen LogP contribution is -2.44. The molecule has 0 aromatic carbocycles. The second-order valence-corrected chi connectivity index (χ2v) is 7.79. The Balaban J connectivity index is 2.83. The van der Waals surface area contributed by atoms with Crippen LogP contribution in [0.4, 0.5) is 5.82 Å². The molecule has 0 fully saturated rings. The molecule has 0 bridgehead atoms. The van der Waals surface area contributed by atoms with Crippen molar-refractivity contribution in [2.24, 2.45) is 7.05 Å². The van der Waals surface area contributed by atoms with Gasteiger partial charge >= 0.3 is 0 Å². The van der Waals surface area contributed by atoms with Gasteiger partial charge in [0, 0.05) is 24.6 Å². The molecule has 0 aliphatic carbocycles.